The van der Waals surface area contributed by atoms with Gasteiger partial charge in [0, 0.05) is 33.8 Å². The van der Waals surface area contributed by atoms with Gasteiger partial charge in [-0.2, -0.15) is 0 Å². The van der Waals surface area contributed by atoms with Crippen LogP contribution in [0.3, 0.4) is 0 Å². The smallest absolute Gasteiger partial charge is 0.203 e. The number of ketones is 4. The lowest BCUT2D eigenvalue weighted by molar-refractivity contribution is -0.178. The van der Waals surface area contributed by atoms with Gasteiger partial charge >= 0.3 is 0 Å². The van der Waals surface area contributed by atoms with Crippen LogP contribution in [0.1, 0.15) is 90.0 Å². The number of hydrogen-bond donors (Lipinski definition) is 4. The molecule has 8 nitrogen and oxygen atoms in total. The third kappa shape index (κ3) is 4.13. The summed E-state index contributed by atoms with van der Waals surface area (Å²) >= 11 is 0. The zero-order valence-corrected chi connectivity index (χ0v) is 26.7. The number of Topliss-reactive ketones (excluding diaryl/α,β-unsaturated/α-hetero) is 4. The van der Waals surface area contributed by atoms with Gasteiger partial charge in [-0.15, -0.1) is 0 Å². The third-order valence-electron chi connectivity index (χ3n) is 10.5. The van der Waals surface area contributed by atoms with Crippen LogP contribution in [0.4, 0.5) is 0 Å². The number of rotatable bonds is 6. The van der Waals surface area contributed by atoms with Crippen LogP contribution < -0.4 is 0 Å². The second kappa shape index (κ2) is 10.1. The van der Waals surface area contributed by atoms with E-state index in [9.17, 15) is 39.6 Å². The third-order valence-corrected chi connectivity index (χ3v) is 10.5. The molecule has 1 saturated carbocycles. The Hall–Kier alpha value is -3.78. The predicted octanol–water partition coefficient (Wildman–Crippen LogP) is 5.56. The molecule has 0 aliphatic heterocycles. The molecule has 0 amide bonds. The van der Waals surface area contributed by atoms with Crippen molar-refractivity contribution >= 4 is 28.9 Å². The standard InChI is InChI=1S/C36H42O8/c1-16(2)23-13-22(12-20-9-10-21(11-20)18(5)37)29(39)26-24(23)14-34(7)15-35(8)27(17(3)4)30(40)25(19(6)38)32(42)36(35,44)33(43)28(34)31(26)41/h9-11,13,16-17,20,27,39,41-42,44H,12,14-15H2,1-8H3/t20?,27?,34-,35-,36+/m1/s1. The molecule has 0 heterocycles. The Kier molecular flexibility index (Phi) is 7.28. The summed E-state index contributed by atoms with van der Waals surface area (Å²) in [5.41, 5.74) is -3.14. The SMILES string of the molecule is CC(=O)C1=CC(Cc2cc(C(C)C)c3c(c2O)C(O)=C2C(=O)[C@@]4(O)C(O)=C(C(C)=O)C(=O)C(C(C)C)[C@@]4(C)C[C@@]2(C)C3)C=C1. The van der Waals surface area contributed by atoms with Gasteiger partial charge in [-0.05, 0) is 61.6 Å². The molecular weight excluding hydrogens is 560 g/mol. The largest absolute Gasteiger partial charge is 0.508 e. The quantitative estimate of drug-likeness (QED) is 0.309. The molecule has 5 rings (SSSR count). The Morgan fingerprint density at radius 2 is 1.66 bits per heavy atom. The number of phenolic OH excluding ortho intramolecular Hbond substituents is 1. The van der Waals surface area contributed by atoms with Crippen LogP contribution in [0, 0.1) is 28.6 Å². The van der Waals surface area contributed by atoms with Gasteiger partial charge in [-0.1, -0.05) is 65.8 Å². The van der Waals surface area contributed by atoms with E-state index >= 15 is 0 Å². The van der Waals surface area contributed by atoms with E-state index in [0.717, 1.165) is 12.5 Å². The minimum Gasteiger partial charge on any atom is -0.508 e. The van der Waals surface area contributed by atoms with E-state index in [4.69, 9.17) is 0 Å². The Labute approximate surface area is 257 Å². The van der Waals surface area contributed by atoms with Crippen molar-refractivity contribution in [3.8, 4) is 5.75 Å². The molecule has 0 spiro atoms. The summed E-state index contributed by atoms with van der Waals surface area (Å²) in [6.45, 7) is 13.6. The molecule has 1 fully saturated rings. The van der Waals surface area contributed by atoms with Crippen LogP contribution >= 0.6 is 0 Å². The van der Waals surface area contributed by atoms with Gasteiger partial charge in [0.15, 0.2) is 23.0 Å². The van der Waals surface area contributed by atoms with Crippen LogP contribution in [0.5, 0.6) is 5.75 Å². The minimum absolute atomic E-state index is 0.0138. The Bertz CT molecular complexity index is 1670. The molecule has 44 heavy (non-hydrogen) atoms. The summed E-state index contributed by atoms with van der Waals surface area (Å²) in [6.07, 6.45) is 6.12. The van der Waals surface area contributed by atoms with Crippen molar-refractivity contribution in [2.45, 2.75) is 86.2 Å². The van der Waals surface area contributed by atoms with E-state index < -0.39 is 56.8 Å². The summed E-state index contributed by atoms with van der Waals surface area (Å²) < 4.78 is 0. The van der Waals surface area contributed by atoms with Gasteiger partial charge in [-0.3, -0.25) is 19.2 Å². The lowest BCUT2D eigenvalue weighted by Crippen LogP contribution is -2.69. The maximum Gasteiger partial charge on any atom is 0.203 e. The number of aromatic hydroxyl groups is 1. The van der Waals surface area contributed by atoms with Crippen molar-refractivity contribution in [3.05, 3.63) is 69.0 Å². The molecule has 4 aliphatic carbocycles. The zero-order valence-electron chi connectivity index (χ0n) is 26.7. The first kappa shape index (κ1) is 31.6. The molecule has 4 aliphatic rings. The lowest BCUT2D eigenvalue weighted by Gasteiger charge is -2.60. The highest BCUT2D eigenvalue weighted by atomic mass is 16.3. The fraction of sp³-hybridized carbons (Fsp3) is 0.500. The number of aliphatic hydroxyl groups is 3. The number of benzene rings is 1. The Morgan fingerprint density at radius 3 is 2.18 bits per heavy atom. The number of phenols is 1. The van der Waals surface area contributed by atoms with Crippen LogP contribution in [0.25, 0.3) is 5.76 Å². The first-order chi connectivity index (χ1) is 20.3. The van der Waals surface area contributed by atoms with E-state index in [0.29, 0.717) is 23.1 Å². The van der Waals surface area contributed by atoms with Gasteiger partial charge in [0.1, 0.15) is 22.8 Å². The molecule has 1 aromatic rings. The second-order valence-electron chi connectivity index (χ2n) is 14.3. The average Bonchev–Trinajstić information content (AvgIpc) is 3.36. The summed E-state index contributed by atoms with van der Waals surface area (Å²) in [4.78, 5) is 52.7. The van der Waals surface area contributed by atoms with E-state index in [1.807, 2.05) is 32.1 Å². The van der Waals surface area contributed by atoms with Crippen LogP contribution in [0.15, 0.2) is 46.8 Å². The number of carbonyl (C=O) groups is 4. The predicted molar refractivity (Wildman–Crippen MR) is 165 cm³/mol. The van der Waals surface area contributed by atoms with Crippen LogP contribution in [-0.4, -0.2) is 49.2 Å². The van der Waals surface area contributed by atoms with Crippen molar-refractivity contribution < 1.29 is 39.6 Å². The second-order valence-corrected chi connectivity index (χ2v) is 14.3. The Morgan fingerprint density at radius 1 is 1.02 bits per heavy atom. The number of hydrogen-bond acceptors (Lipinski definition) is 8. The molecule has 0 bridgehead atoms. The molecule has 8 heteroatoms. The normalized spacial score (nSPS) is 31.4. The fourth-order valence-corrected chi connectivity index (χ4v) is 8.73. The number of aliphatic hydroxyl groups excluding tert-OH is 2. The number of fused-ring (bicyclic) bond motifs is 3. The number of carbonyl (C=O) groups excluding carboxylic acids is 4. The van der Waals surface area contributed by atoms with E-state index in [1.165, 1.54) is 6.92 Å². The molecule has 0 saturated heterocycles. The fourth-order valence-electron chi connectivity index (χ4n) is 8.73. The Balaban J connectivity index is 1.76. The van der Waals surface area contributed by atoms with E-state index in [2.05, 4.69) is 0 Å². The van der Waals surface area contributed by atoms with Gasteiger partial charge in [0.2, 0.25) is 5.78 Å². The summed E-state index contributed by atoms with van der Waals surface area (Å²) in [5, 5.41) is 47.2. The molecule has 2 unspecified atom stereocenters. The van der Waals surface area contributed by atoms with E-state index in [1.54, 1.807) is 33.8 Å². The van der Waals surface area contributed by atoms with Crippen LogP contribution in [0.2, 0.25) is 0 Å². The average molecular weight is 603 g/mol. The maximum atomic E-state index is 14.6. The van der Waals surface area contributed by atoms with Crippen LogP contribution in [-0.2, 0) is 32.0 Å². The summed E-state index contributed by atoms with van der Waals surface area (Å²) in [7, 11) is 0. The molecular formula is C36H42O8. The molecule has 0 radical (unpaired) electrons. The highest BCUT2D eigenvalue weighted by Gasteiger charge is 2.72. The van der Waals surface area contributed by atoms with Crippen molar-refractivity contribution in [3.63, 3.8) is 0 Å². The molecule has 0 aromatic heterocycles. The first-order valence-corrected chi connectivity index (χ1v) is 15.3. The van der Waals surface area contributed by atoms with Gasteiger partial charge in [0.05, 0.1) is 5.56 Å². The zero-order chi connectivity index (χ0) is 32.8. The molecule has 5 atom stereocenters. The van der Waals surface area contributed by atoms with Gasteiger partial charge in [0.25, 0.3) is 0 Å². The van der Waals surface area contributed by atoms with Crippen molar-refractivity contribution in [1.29, 1.82) is 0 Å². The topological polar surface area (TPSA) is 149 Å². The van der Waals surface area contributed by atoms with Gasteiger partial charge in [-0.25, -0.2) is 0 Å². The molecule has 1 aromatic carbocycles. The summed E-state index contributed by atoms with van der Waals surface area (Å²) in [6, 6.07) is 1.92. The van der Waals surface area contributed by atoms with E-state index in [-0.39, 0.29) is 53.3 Å². The number of allylic oxidation sites excluding steroid dienone is 5. The highest BCUT2D eigenvalue weighted by Crippen LogP contribution is 2.65. The van der Waals surface area contributed by atoms with Gasteiger partial charge < -0.3 is 20.4 Å². The lowest BCUT2D eigenvalue weighted by atomic mass is 9.43. The molecule has 4 N–H and O–H groups in total. The van der Waals surface area contributed by atoms with Crippen molar-refractivity contribution in [1.82, 2.24) is 0 Å². The maximum absolute atomic E-state index is 14.6. The molecule has 234 valence electrons. The monoisotopic (exact) mass is 602 g/mol. The minimum atomic E-state index is -2.65. The highest BCUT2D eigenvalue weighted by molar-refractivity contribution is 6.24. The summed E-state index contributed by atoms with van der Waals surface area (Å²) in [5.74, 6) is -5.54. The van der Waals surface area contributed by atoms with Crippen molar-refractivity contribution in [2.75, 3.05) is 0 Å². The van der Waals surface area contributed by atoms with Crippen molar-refractivity contribution in [2.24, 2.45) is 28.6 Å². The first-order valence-electron chi connectivity index (χ1n) is 15.3.